The van der Waals surface area contributed by atoms with Crippen LogP contribution in [0.2, 0.25) is 0 Å². The highest BCUT2D eigenvalue weighted by atomic mass is 32.1. The van der Waals surface area contributed by atoms with Gasteiger partial charge in [0.05, 0.1) is 26.9 Å². The Morgan fingerprint density at radius 2 is 1.60 bits per heavy atom. The molecule has 0 saturated heterocycles. The summed E-state index contributed by atoms with van der Waals surface area (Å²) in [4.78, 5) is 23.0. The van der Waals surface area contributed by atoms with Crippen molar-refractivity contribution in [1.29, 1.82) is 0 Å². The first-order valence-electron chi connectivity index (χ1n) is 9.39. The molecule has 0 bridgehead atoms. The van der Waals surface area contributed by atoms with Crippen LogP contribution < -0.4 is 25.0 Å². The number of nitrogens with one attached hydrogen (secondary N) is 2. The molecule has 0 aliphatic carbocycles. The van der Waals surface area contributed by atoms with Crippen LogP contribution in [-0.2, 0) is 9.59 Å². The van der Waals surface area contributed by atoms with E-state index < -0.39 is 5.91 Å². The summed E-state index contributed by atoms with van der Waals surface area (Å²) in [5.41, 5.74) is 2.28. The molecule has 0 radical (unpaired) electrons. The normalized spacial score (nSPS) is 10.4. The van der Waals surface area contributed by atoms with Crippen LogP contribution in [0.4, 0.5) is 5.13 Å². The van der Waals surface area contributed by atoms with Crippen molar-refractivity contribution in [3.63, 3.8) is 0 Å². The van der Waals surface area contributed by atoms with E-state index in [1.807, 2.05) is 0 Å². The number of nitrogens with zero attached hydrogens (tertiary/aromatic N) is 2. The Hall–Kier alpha value is -2.92. The quantitative estimate of drug-likeness (QED) is 0.262. The van der Waals surface area contributed by atoms with E-state index in [0.717, 1.165) is 12.8 Å². The molecule has 2 rings (SSSR count). The average Bonchev–Trinajstić information content (AvgIpc) is 3.22. The number of unbranched alkanes of at least 4 members (excludes halogenated alkanes) is 3. The van der Waals surface area contributed by atoms with Crippen LogP contribution in [0.5, 0.6) is 17.2 Å². The largest absolute Gasteiger partial charge is 0.493 e. The molecular weight excluding hydrogens is 412 g/mol. The Balaban J connectivity index is 1.91. The maximum atomic E-state index is 12.1. The molecule has 1 aromatic heterocycles. The minimum atomic E-state index is -0.397. The molecule has 1 heterocycles. The first kappa shape index (κ1) is 23.4. The highest BCUT2D eigenvalue weighted by molar-refractivity contribution is 7.18. The molecule has 0 aliphatic rings. The molecule has 2 amide bonds. The number of carbonyl (C=O) groups excluding carboxylic acids is 2. The summed E-state index contributed by atoms with van der Waals surface area (Å²) in [6, 6.07) is 3.55. The van der Waals surface area contributed by atoms with E-state index in [2.05, 4.69) is 15.5 Å². The van der Waals surface area contributed by atoms with Crippen molar-refractivity contribution < 1.29 is 29.0 Å². The number of rotatable bonds is 12. The monoisotopic (exact) mass is 438 g/mol. The molecule has 11 heteroatoms. The first-order valence-corrected chi connectivity index (χ1v) is 10.2. The van der Waals surface area contributed by atoms with Gasteiger partial charge < -0.3 is 19.5 Å². The number of hydrogen-bond acceptors (Lipinski definition) is 9. The number of carbonyl (C=O) groups is 2. The van der Waals surface area contributed by atoms with Gasteiger partial charge in [-0.3, -0.25) is 14.8 Å². The summed E-state index contributed by atoms with van der Waals surface area (Å²) < 4.78 is 16.1. The third kappa shape index (κ3) is 6.29. The minimum Gasteiger partial charge on any atom is -0.493 e. The predicted molar refractivity (Wildman–Crippen MR) is 111 cm³/mol. The lowest BCUT2D eigenvalue weighted by Crippen LogP contribution is -2.17. The number of aromatic nitrogens is 2. The van der Waals surface area contributed by atoms with E-state index in [9.17, 15) is 9.59 Å². The molecule has 1 aromatic carbocycles. The molecule has 0 saturated carbocycles. The minimum absolute atomic E-state index is 0.148. The summed E-state index contributed by atoms with van der Waals surface area (Å²) in [6.07, 6.45) is 3.61. The molecule has 0 fully saturated rings. The zero-order valence-electron chi connectivity index (χ0n) is 17.2. The van der Waals surface area contributed by atoms with Gasteiger partial charge in [0, 0.05) is 12.8 Å². The summed E-state index contributed by atoms with van der Waals surface area (Å²) in [5, 5.41) is 20.3. The second kappa shape index (κ2) is 11.9. The molecule has 164 valence electrons. The Kier molecular flexibility index (Phi) is 9.29. The van der Waals surface area contributed by atoms with E-state index in [1.54, 1.807) is 24.7 Å². The zero-order chi connectivity index (χ0) is 21.9. The van der Waals surface area contributed by atoms with Crippen LogP contribution in [0.3, 0.4) is 0 Å². The van der Waals surface area contributed by atoms with Crippen LogP contribution in [0.25, 0.3) is 10.6 Å². The molecule has 0 unspecified atom stereocenters. The first-order chi connectivity index (χ1) is 14.5. The zero-order valence-corrected chi connectivity index (χ0v) is 18.0. The average molecular weight is 439 g/mol. The number of anilines is 1. The van der Waals surface area contributed by atoms with Crippen LogP contribution in [0, 0.1) is 0 Å². The highest BCUT2D eigenvalue weighted by Gasteiger charge is 2.20. The van der Waals surface area contributed by atoms with Crippen molar-refractivity contribution >= 4 is 28.3 Å². The summed E-state index contributed by atoms with van der Waals surface area (Å²) in [6.45, 7) is 0. The molecule has 3 N–H and O–H groups in total. The van der Waals surface area contributed by atoms with Crippen LogP contribution in [0.1, 0.15) is 38.5 Å². The smallest absolute Gasteiger partial charge is 0.243 e. The van der Waals surface area contributed by atoms with E-state index >= 15 is 0 Å². The van der Waals surface area contributed by atoms with Gasteiger partial charge >= 0.3 is 0 Å². The fourth-order valence-corrected chi connectivity index (χ4v) is 3.60. The van der Waals surface area contributed by atoms with Gasteiger partial charge in [-0.2, -0.15) is 0 Å². The Morgan fingerprint density at radius 3 is 2.20 bits per heavy atom. The van der Waals surface area contributed by atoms with Crippen molar-refractivity contribution in [2.45, 2.75) is 38.5 Å². The predicted octanol–water partition coefficient (Wildman–Crippen LogP) is 3.02. The van der Waals surface area contributed by atoms with Crippen LogP contribution in [-0.4, -0.2) is 48.5 Å². The molecule has 0 spiro atoms. The van der Waals surface area contributed by atoms with Gasteiger partial charge in [-0.15, -0.1) is 10.2 Å². The van der Waals surface area contributed by atoms with Crippen molar-refractivity contribution in [2.75, 3.05) is 26.6 Å². The topological polar surface area (TPSA) is 132 Å². The SMILES string of the molecule is COc1ccc(-c2nnc(NC(=O)CCCCCCC(=O)NO)s2)c(OC)c1OC. The lowest BCUT2D eigenvalue weighted by molar-refractivity contribution is -0.129. The molecule has 0 atom stereocenters. The maximum Gasteiger partial charge on any atom is 0.243 e. The van der Waals surface area contributed by atoms with Gasteiger partial charge in [0.25, 0.3) is 0 Å². The van der Waals surface area contributed by atoms with E-state index in [-0.39, 0.29) is 12.3 Å². The number of amides is 2. The number of ether oxygens (including phenoxy) is 3. The van der Waals surface area contributed by atoms with Crippen LogP contribution in [0.15, 0.2) is 12.1 Å². The van der Waals surface area contributed by atoms with Gasteiger partial charge in [0.2, 0.25) is 22.7 Å². The lowest BCUT2D eigenvalue weighted by Gasteiger charge is -2.14. The fraction of sp³-hybridized carbons (Fsp3) is 0.474. The molecule has 0 aliphatic heterocycles. The van der Waals surface area contributed by atoms with Gasteiger partial charge in [0.15, 0.2) is 16.5 Å². The number of hydroxylamine groups is 1. The Morgan fingerprint density at radius 1 is 0.933 bits per heavy atom. The van der Waals surface area contributed by atoms with Crippen LogP contribution >= 0.6 is 11.3 Å². The summed E-state index contributed by atoms with van der Waals surface area (Å²) >= 11 is 1.23. The molecular formula is C19H26N4O6S. The second-order valence-electron chi connectivity index (χ2n) is 6.29. The van der Waals surface area contributed by atoms with Gasteiger partial charge in [-0.25, -0.2) is 5.48 Å². The summed E-state index contributed by atoms with van der Waals surface area (Å²) in [5.74, 6) is 0.916. The summed E-state index contributed by atoms with van der Waals surface area (Å²) in [7, 11) is 4.60. The maximum absolute atomic E-state index is 12.1. The number of hydrogen-bond donors (Lipinski definition) is 3. The third-order valence-corrected chi connectivity index (χ3v) is 5.16. The third-order valence-electron chi connectivity index (χ3n) is 4.29. The van der Waals surface area contributed by atoms with E-state index in [1.165, 1.54) is 25.6 Å². The van der Waals surface area contributed by atoms with E-state index in [0.29, 0.717) is 52.2 Å². The van der Waals surface area contributed by atoms with E-state index in [4.69, 9.17) is 19.4 Å². The van der Waals surface area contributed by atoms with Crippen molar-refractivity contribution in [3.8, 4) is 27.8 Å². The Bertz CT molecular complexity index is 858. The number of methoxy groups -OCH3 is 3. The molecule has 10 nitrogen and oxygen atoms in total. The number of benzene rings is 1. The van der Waals surface area contributed by atoms with Gasteiger partial charge in [-0.05, 0) is 25.0 Å². The fourth-order valence-electron chi connectivity index (χ4n) is 2.81. The standard InChI is InChI=1S/C19H26N4O6S/c1-27-13-11-10-12(16(28-2)17(13)29-3)18-21-22-19(30-18)20-14(24)8-6-4-5-7-9-15(25)23-26/h10-11,26H,4-9H2,1-3H3,(H,23,25)(H,20,22,24). The van der Waals surface area contributed by atoms with Gasteiger partial charge in [-0.1, -0.05) is 24.2 Å². The molecule has 2 aromatic rings. The van der Waals surface area contributed by atoms with Crippen molar-refractivity contribution in [3.05, 3.63) is 12.1 Å². The molecule has 30 heavy (non-hydrogen) atoms. The van der Waals surface area contributed by atoms with Crippen molar-refractivity contribution in [2.24, 2.45) is 0 Å². The Labute approximate surface area is 178 Å². The second-order valence-corrected chi connectivity index (χ2v) is 7.27. The lowest BCUT2D eigenvalue weighted by atomic mass is 10.1. The van der Waals surface area contributed by atoms with Crippen molar-refractivity contribution in [1.82, 2.24) is 15.7 Å². The highest BCUT2D eigenvalue weighted by Crippen LogP contribution is 2.45. The van der Waals surface area contributed by atoms with Gasteiger partial charge in [0.1, 0.15) is 0 Å².